The van der Waals surface area contributed by atoms with Gasteiger partial charge in [0.2, 0.25) is 5.95 Å². The van der Waals surface area contributed by atoms with Crippen molar-refractivity contribution in [1.29, 1.82) is 0 Å². The lowest BCUT2D eigenvalue weighted by Gasteiger charge is -2.23. The predicted molar refractivity (Wildman–Crippen MR) is 95.6 cm³/mol. The van der Waals surface area contributed by atoms with Crippen molar-refractivity contribution in [3.63, 3.8) is 0 Å². The first kappa shape index (κ1) is 16.4. The van der Waals surface area contributed by atoms with Crippen molar-refractivity contribution in [3.05, 3.63) is 47.3 Å². The van der Waals surface area contributed by atoms with Gasteiger partial charge in [-0.2, -0.15) is 0 Å². The Morgan fingerprint density at radius 3 is 2.42 bits per heavy atom. The average Bonchev–Trinajstić information content (AvgIpc) is 2.55. The van der Waals surface area contributed by atoms with E-state index in [4.69, 9.17) is 0 Å². The molecule has 1 aromatic carbocycles. The van der Waals surface area contributed by atoms with Crippen molar-refractivity contribution in [1.82, 2.24) is 15.3 Å². The van der Waals surface area contributed by atoms with Crippen LogP contribution in [0.2, 0.25) is 0 Å². The van der Waals surface area contributed by atoms with Crippen molar-refractivity contribution < 1.29 is 4.79 Å². The first-order valence-corrected chi connectivity index (χ1v) is 8.61. The predicted octanol–water partition coefficient (Wildman–Crippen LogP) is 3.90. The number of amides is 1. The van der Waals surface area contributed by atoms with E-state index in [1.165, 1.54) is 19.3 Å². The van der Waals surface area contributed by atoms with Gasteiger partial charge in [0.25, 0.3) is 5.91 Å². The smallest absolute Gasteiger partial charge is 0.253 e. The largest absolute Gasteiger partial charge is 0.349 e. The zero-order valence-corrected chi connectivity index (χ0v) is 14.3. The summed E-state index contributed by atoms with van der Waals surface area (Å²) in [5, 5.41) is 6.35. The number of carbonyl (C=O) groups is 1. The van der Waals surface area contributed by atoms with Crippen LogP contribution in [-0.4, -0.2) is 21.9 Å². The van der Waals surface area contributed by atoms with Crippen LogP contribution in [0.1, 0.15) is 53.8 Å². The molecule has 1 aromatic heterocycles. The molecule has 126 valence electrons. The van der Waals surface area contributed by atoms with E-state index in [2.05, 4.69) is 20.6 Å². The molecule has 0 aliphatic heterocycles. The highest BCUT2D eigenvalue weighted by atomic mass is 16.1. The topological polar surface area (TPSA) is 66.9 Å². The van der Waals surface area contributed by atoms with Gasteiger partial charge in [-0.3, -0.25) is 4.79 Å². The molecule has 0 bridgehead atoms. The minimum absolute atomic E-state index is 0.0330. The quantitative estimate of drug-likeness (QED) is 0.895. The molecule has 1 heterocycles. The molecule has 0 spiro atoms. The molecule has 1 aliphatic carbocycles. The van der Waals surface area contributed by atoms with E-state index in [1.54, 1.807) is 0 Å². The lowest BCUT2D eigenvalue weighted by molar-refractivity contribution is 0.0928. The average molecular weight is 324 g/mol. The van der Waals surface area contributed by atoms with Gasteiger partial charge < -0.3 is 10.6 Å². The molecule has 2 aromatic rings. The highest BCUT2D eigenvalue weighted by Gasteiger charge is 2.18. The molecule has 1 aliphatic rings. The van der Waals surface area contributed by atoms with Crippen LogP contribution in [0.5, 0.6) is 0 Å². The Morgan fingerprint density at radius 1 is 1.04 bits per heavy atom. The fourth-order valence-electron chi connectivity index (χ4n) is 3.20. The van der Waals surface area contributed by atoms with Gasteiger partial charge in [0.1, 0.15) is 0 Å². The van der Waals surface area contributed by atoms with E-state index in [1.807, 2.05) is 44.2 Å². The summed E-state index contributed by atoms with van der Waals surface area (Å²) in [7, 11) is 0. The molecule has 0 atom stereocenters. The monoisotopic (exact) mass is 324 g/mol. The maximum Gasteiger partial charge on any atom is 0.253 e. The molecule has 2 N–H and O–H groups in total. The van der Waals surface area contributed by atoms with E-state index in [0.717, 1.165) is 29.9 Å². The van der Waals surface area contributed by atoms with Crippen molar-refractivity contribution in [2.45, 2.75) is 52.0 Å². The number of rotatable bonds is 4. The second kappa shape index (κ2) is 7.43. The van der Waals surface area contributed by atoms with Gasteiger partial charge >= 0.3 is 0 Å². The summed E-state index contributed by atoms with van der Waals surface area (Å²) in [5.74, 6) is 0.486. The molecule has 0 unspecified atom stereocenters. The Balaban J connectivity index is 1.78. The van der Waals surface area contributed by atoms with E-state index in [-0.39, 0.29) is 11.9 Å². The van der Waals surface area contributed by atoms with Crippen molar-refractivity contribution in [2.24, 2.45) is 0 Å². The van der Waals surface area contributed by atoms with E-state index < -0.39 is 0 Å². The van der Waals surface area contributed by atoms with Crippen LogP contribution < -0.4 is 10.6 Å². The number of hydrogen-bond donors (Lipinski definition) is 2. The van der Waals surface area contributed by atoms with Gasteiger partial charge in [-0.1, -0.05) is 31.4 Å². The molecular weight excluding hydrogens is 300 g/mol. The standard InChI is InChI=1S/C19H24N4O/c1-13-12-14(2)21-19(20-13)23-17-11-7-6-10-16(17)18(24)22-15-8-4-3-5-9-15/h6-7,10-12,15H,3-5,8-9H2,1-2H3,(H,22,24)(H,20,21,23). The van der Waals surface area contributed by atoms with Gasteiger partial charge in [0, 0.05) is 17.4 Å². The summed E-state index contributed by atoms with van der Waals surface area (Å²) < 4.78 is 0. The van der Waals surface area contributed by atoms with Gasteiger partial charge in [-0.15, -0.1) is 0 Å². The van der Waals surface area contributed by atoms with Crippen LogP contribution in [-0.2, 0) is 0 Å². The lowest BCUT2D eigenvalue weighted by Crippen LogP contribution is -2.36. The molecule has 0 saturated heterocycles. The van der Waals surface area contributed by atoms with Gasteiger partial charge in [-0.05, 0) is 44.9 Å². The van der Waals surface area contributed by atoms with E-state index >= 15 is 0 Å². The number of hydrogen-bond acceptors (Lipinski definition) is 4. The summed E-state index contributed by atoms with van der Waals surface area (Å²) >= 11 is 0. The summed E-state index contributed by atoms with van der Waals surface area (Å²) in [6.45, 7) is 3.86. The maximum absolute atomic E-state index is 12.7. The van der Waals surface area contributed by atoms with E-state index in [0.29, 0.717) is 11.5 Å². The number of benzene rings is 1. The number of para-hydroxylation sites is 1. The Bertz CT molecular complexity index is 703. The molecule has 0 radical (unpaired) electrons. The summed E-state index contributed by atoms with van der Waals surface area (Å²) in [5.41, 5.74) is 3.16. The van der Waals surface area contributed by atoms with Crippen LogP contribution in [0.4, 0.5) is 11.6 Å². The molecule has 24 heavy (non-hydrogen) atoms. The number of aryl methyl sites for hydroxylation is 2. The zero-order valence-electron chi connectivity index (χ0n) is 14.3. The Labute approximate surface area is 142 Å². The Kier molecular flexibility index (Phi) is 5.08. The van der Waals surface area contributed by atoms with Crippen LogP contribution in [0.3, 0.4) is 0 Å². The zero-order chi connectivity index (χ0) is 16.9. The van der Waals surface area contributed by atoms with Gasteiger partial charge in [0.05, 0.1) is 11.3 Å². The molecule has 5 nitrogen and oxygen atoms in total. The fraction of sp³-hybridized carbons (Fsp3) is 0.421. The Hall–Kier alpha value is -2.43. The fourth-order valence-corrected chi connectivity index (χ4v) is 3.20. The van der Waals surface area contributed by atoms with Crippen LogP contribution >= 0.6 is 0 Å². The maximum atomic E-state index is 12.7. The highest BCUT2D eigenvalue weighted by Crippen LogP contribution is 2.21. The third kappa shape index (κ3) is 4.10. The van der Waals surface area contributed by atoms with Crippen molar-refractivity contribution in [2.75, 3.05) is 5.32 Å². The number of aromatic nitrogens is 2. The number of nitrogens with zero attached hydrogens (tertiary/aromatic N) is 2. The highest BCUT2D eigenvalue weighted by molar-refractivity contribution is 6.00. The number of carbonyl (C=O) groups excluding carboxylic acids is 1. The second-order valence-corrected chi connectivity index (χ2v) is 6.45. The normalized spacial score (nSPS) is 15.1. The third-order valence-corrected chi connectivity index (χ3v) is 4.34. The van der Waals surface area contributed by atoms with Crippen LogP contribution in [0.15, 0.2) is 30.3 Å². The summed E-state index contributed by atoms with van der Waals surface area (Å²) in [6, 6.07) is 9.72. The Morgan fingerprint density at radius 2 is 1.71 bits per heavy atom. The summed E-state index contributed by atoms with van der Waals surface area (Å²) in [6.07, 6.45) is 5.81. The molecular formula is C19H24N4O. The second-order valence-electron chi connectivity index (χ2n) is 6.45. The molecule has 1 amide bonds. The minimum Gasteiger partial charge on any atom is -0.349 e. The molecule has 3 rings (SSSR count). The first-order valence-electron chi connectivity index (χ1n) is 8.61. The van der Waals surface area contributed by atoms with E-state index in [9.17, 15) is 4.79 Å². The third-order valence-electron chi connectivity index (χ3n) is 4.34. The van der Waals surface area contributed by atoms with Gasteiger partial charge in [-0.25, -0.2) is 9.97 Å². The van der Waals surface area contributed by atoms with Crippen molar-refractivity contribution >= 4 is 17.5 Å². The number of nitrogens with one attached hydrogen (secondary N) is 2. The molecule has 1 saturated carbocycles. The summed E-state index contributed by atoms with van der Waals surface area (Å²) in [4.78, 5) is 21.4. The number of anilines is 2. The molecule has 5 heteroatoms. The first-order chi connectivity index (χ1) is 11.6. The van der Waals surface area contributed by atoms with Crippen LogP contribution in [0.25, 0.3) is 0 Å². The van der Waals surface area contributed by atoms with Gasteiger partial charge in [0.15, 0.2) is 0 Å². The molecule has 1 fully saturated rings. The van der Waals surface area contributed by atoms with Crippen LogP contribution in [0, 0.1) is 13.8 Å². The lowest BCUT2D eigenvalue weighted by atomic mass is 9.95. The minimum atomic E-state index is -0.0330. The van der Waals surface area contributed by atoms with Crippen molar-refractivity contribution in [3.8, 4) is 0 Å². The SMILES string of the molecule is Cc1cc(C)nc(Nc2ccccc2C(=O)NC2CCCCC2)n1.